The van der Waals surface area contributed by atoms with Gasteiger partial charge in [0.25, 0.3) is 0 Å². The number of likely N-dealkylation sites (tertiary alicyclic amines) is 1. The number of carboxylic acids is 1. The Balaban J connectivity index is 2.02. The maximum absolute atomic E-state index is 14.7. The normalized spacial score (nSPS) is 16.4. The predicted octanol–water partition coefficient (Wildman–Crippen LogP) is 4.26. The summed E-state index contributed by atoms with van der Waals surface area (Å²) >= 11 is 0. The van der Waals surface area contributed by atoms with E-state index in [1.165, 1.54) is 12.1 Å². The Morgan fingerprint density at radius 3 is 2.48 bits per heavy atom. The van der Waals surface area contributed by atoms with E-state index in [0.717, 1.165) is 11.6 Å². The number of carbonyl (C=O) groups is 1. The molecule has 0 aliphatic carbocycles. The Morgan fingerprint density at radius 2 is 1.90 bits per heavy atom. The van der Waals surface area contributed by atoms with Crippen molar-refractivity contribution >= 4 is 5.97 Å². The smallest absolute Gasteiger partial charge is 0.306 e. The van der Waals surface area contributed by atoms with Gasteiger partial charge in [-0.3, -0.25) is 9.69 Å². The SMILES string of the molecule is CCOc1cc([C@H](c2ccc(F)cc2F)N2CCC(C(=O)O)CC2)ccc1OC. The molecule has 3 rings (SSSR count). The van der Waals surface area contributed by atoms with E-state index in [9.17, 15) is 18.7 Å². The lowest BCUT2D eigenvalue weighted by atomic mass is 9.91. The summed E-state index contributed by atoms with van der Waals surface area (Å²) in [6.45, 7) is 3.29. The largest absolute Gasteiger partial charge is 0.493 e. The number of nitrogens with zero attached hydrogens (tertiary/aromatic N) is 1. The molecule has 5 nitrogen and oxygen atoms in total. The maximum Gasteiger partial charge on any atom is 0.306 e. The van der Waals surface area contributed by atoms with Crippen LogP contribution in [0.15, 0.2) is 36.4 Å². The average molecular weight is 405 g/mol. The molecule has 0 radical (unpaired) electrons. The highest BCUT2D eigenvalue weighted by molar-refractivity contribution is 5.70. The van der Waals surface area contributed by atoms with Gasteiger partial charge in [0.1, 0.15) is 11.6 Å². The van der Waals surface area contributed by atoms with Crippen molar-refractivity contribution in [3.63, 3.8) is 0 Å². The number of halogens is 2. The van der Waals surface area contributed by atoms with Crippen LogP contribution in [0.4, 0.5) is 8.78 Å². The maximum atomic E-state index is 14.7. The van der Waals surface area contributed by atoms with Gasteiger partial charge >= 0.3 is 5.97 Å². The average Bonchev–Trinajstić information content (AvgIpc) is 2.71. The van der Waals surface area contributed by atoms with Crippen LogP contribution < -0.4 is 9.47 Å². The van der Waals surface area contributed by atoms with Crippen molar-refractivity contribution in [3.8, 4) is 11.5 Å². The van der Waals surface area contributed by atoms with Gasteiger partial charge in [0, 0.05) is 11.6 Å². The minimum absolute atomic E-state index is 0.341. The summed E-state index contributed by atoms with van der Waals surface area (Å²) in [5, 5.41) is 9.27. The van der Waals surface area contributed by atoms with Gasteiger partial charge in [-0.1, -0.05) is 12.1 Å². The summed E-state index contributed by atoms with van der Waals surface area (Å²) in [7, 11) is 1.55. The molecule has 1 fully saturated rings. The summed E-state index contributed by atoms with van der Waals surface area (Å²) in [6.07, 6.45) is 0.951. The fourth-order valence-corrected chi connectivity index (χ4v) is 3.85. The summed E-state index contributed by atoms with van der Waals surface area (Å²) in [4.78, 5) is 13.3. The topological polar surface area (TPSA) is 59.0 Å². The summed E-state index contributed by atoms with van der Waals surface area (Å²) < 4.78 is 39.2. The van der Waals surface area contributed by atoms with Crippen LogP contribution in [0.25, 0.3) is 0 Å². The highest BCUT2D eigenvalue weighted by Gasteiger charge is 2.32. The molecular formula is C22H25F2NO4. The molecule has 0 unspecified atom stereocenters. The molecule has 7 heteroatoms. The van der Waals surface area contributed by atoms with Crippen LogP contribution in [0.5, 0.6) is 11.5 Å². The molecule has 1 aliphatic rings. The first-order chi connectivity index (χ1) is 13.9. The standard InChI is InChI=1S/C22H25F2NO4/c1-3-29-20-12-15(4-7-19(20)28-2)21(17-6-5-16(23)13-18(17)24)25-10-8-14(9-11-25)22(26)27/h4-7,12-14,21H,3,8-11H2,1-2H3,(H,26,27)/t21-/m1/s1. The Bertz CT molecular complexity index is 866. The number of benzene rings is 2. The van der Waals surface area contributed by atoms with E-state index in [4.69, 9.17) is 9.47 Å². The van der Waals surface area contributed by atoms with Crippen LogP contribution in [-0.2, 0) is 4.79 Å². The van der Waals surface area contributed by atoms with Crippen molar-refractivity contribution < 1.29 is 28.2 Å². The van der Waals surface area contributed by atoms with Crippen molar-refractivity contribution in [2.24, 2.45) is 5.92 Å². The van der Waals surface area contributed by atoms with Crippen LogP contribution in [0, 0.1) is 17.6 Å². The molecule has 1 aliphatic heterocycles. The third-order valence-corrected chi connectivity index (χ3v) is 5.30. The summed E-state index contributed by atoms with van der Waals surface area (Å²) in [6, 6.07) is 8.47. The number of methoxy groups -OCH3 is 1. The fourth-order valence-electron chi connectivity index (χ4n) is 3.85. The van der Waals surface area contributed by atoms with Crippen molar-refractivity contribution in [1.29, 1.82) is 0 Å². The fraction of sp³-hybridized carbons (Fsp3) is 0.409. The van der Waals surface area contributed by atoms with Crippen molar-refractivity contribution in [2.45, 2.75) is 25.8 Å². The molecule has 1 heterocycles. The monoisotopic (exact) mass is 405 g/mol. The quantitative estimate of drug-likeness (QED) is 0.746. The third-order valence-electron chi connectivity index (χ3n) is 5.30. The Labute approximate surface area is 168 Å². The number of hydrogen-bond donors (Lipinski definition) is 1. The molecule has 29 heavy (non-hydrogen) atoms. The summed E-state index contributed by atoms with van der Waals surface area (Å²) in [5.74, 6) is -1.38. The number of carboxylic acid groups (broad SMARTS) is 1. The van der Waals surface area contributed by atoms with Gasteiger partial charge in [-0.2, -0.15) is 0 Å². The lowest BCUT2D eigenvalue weighted by Gasteiger charge is -2.37. The first kappa shape index (κ1) is 21.0. The predicted molar refractivity (Wildman–Crippen MR) is 104 cm³/mol. The van der Waals surface area contributed by atoms with E-state index < -0.39 is 29.6 Å². The minimum atomic E-state index is -0.808. The second-order valence-corrected chi connectivity index (χ2v) is 7.06. The second kappa shape index (κ2) is 9.22. The number of hydrogen-bond acceptors (Lipinski definition) is 4. The lowest BCUT2D eigenvalue weighted by Crippen LogP contribution is -2.39. The van der Waals surface area contributed by atoms with Crippen LogP contribution >= 0.6 is 0 Å². The number of rotatable bonds is 7. The minimum Gasteiger partial charge on any atom is -0.493 e. The Kier molecular flexibility index (Phi) is 6.69. The molecule has 0 aromatic heterocycles. The third kappa shape index (κ3) is 4.67. The Morgan fingerprint density at radius 1 is 1.17 bits per heavy atom. The molecule has 1 N–H and O–H groups in total. The Hall–Kier alpha value is -2.67. The lowest BCUT2D eigenvalue weighted by molar-refractivity contribution is -0.143. The van der Waals surface area contributed by atoms with E-state index in [2.05, 4.69) is 0 Å². The van der Waals surface area contributed by atoms with Gasteiger partial charge in [0.2, 0.25) is 0 Å². The van der Waals surface area contributed by atoms with Crippen molar-refractivity contribution in [2.75, 3.05) is 26.8 Å². The molecule has 2 aromatic rings. The molecule has 0 amide bonds. The van der Waals surface area contributed by atoms with E-state index >= 15 is 0 Å². The summed E-state index contributed by atoms with van der Waals surface area (Å²) in [5.41, 5.74) is 1.11. The first-order valence-electron chi connectivity index (χ1n) is 9.67. The number of ether oxygens (including phenoxy) is 2. The highest BCUT2D eigenvalue weighted by atomic mass is 19.1. The second-order valence-electron chi connectivity index (χ2n) is 7.06. The molecule has 156 valence electrons. The molecule has 1 saturated heterocycles. The number of piperidine rings is 1. The van der Waals surface area contributed by atoms with Gasteiger partial charge < -0.3 is 14.6 Å². The zero-order valence-electron chi connectivity index (χ0n) is 16.5. The van der Waals surface area contributed by atoms with E-state index in [1.807, 2.05) is 17.9 Å². The first-order valence-corrected chi connectivity index (χ1v) is 9.67. The molecule has 2 aromatic carbocycles. The van der Waals surface area contributed by atoms with Crippen LogP contribution in [-0.4, -0.2) is 42.8 Å². The van der Waals surface area contributed by atoms with E-state index in [-0.39, 0.29) is 0 Å². The molecule has 0 bridgehead atoms. The van der Waals surface area contributed by atoms with E-state index in [0.29, 0.717) is 49.6 Å². The van der Waals surface area contributed by atoms with Gasteiger partial charge in [-0.05, 0) is 56.6 Å². The molecular weight excluding hydrogens is 380 g/mol. The highest BCUT2D eigenvalue weighted by Crippen LogP contribution is 2.38. The van der Waals surface area contributed by atoms with Gasteiger partial charge in [-0.15, -0.1) is 0 Å². The van der Waals surface area contributed by atoms with Gasteiger partial charge in [-0.25, -0.2) is 8.78 Å². The molecule has 0 saturated carbocycles. The zero-order valence-corrected chi connectivity index (χ0v) is 16.5. The van der Waals surface area contributed by atoms with Gasteiger partial charge in [0.05, 0.1) is 25.7 Å². The van der Waals surface area contributed by atoms with Crippen LogP contribution in [0.3, 0.4) is 0 Å². The van der Waals surface area contributed by atoms with Gasteiger partial charge in [0.15, 0.2) is 11.5 Å². The van der Waals surface area contributed by atoms with Crippen molar-refractivity contribution in [3.05, 3.63) is 59.2 Å². The molecule has 0 spiro atoms. The number of aliphatic carboxylic acids is 1. The van der Waals surface area contributed by atoms with Crippen LogP contribution in [0.2, 0.25) is 0 Å². The zero-order chi connectivity index (χ0) is 21.0. The van der Waals surface area contributed by atoms with E-state index in [1.54, 1.807) is 19.2 Å². The van der Waals surface area contributed by atoms with Crippen molar-refractivity contribution in [1.82, 2.24) is 4.90 Å². The van der Waals surface area contributed by atoms with Crippen LogP contribution in [0.1, 0.15) is 36.9 Å². The molecule has 1 atom stereocenters.